The molecule has 162 valence electrons. The molecule has 2 bridgehead atoms. The van der Waals surface area contributed by atoms with Crippen molar-refractivity contribution in [1.29, 1.82) is 5.26 Å². The molecule has 2 aromatic carbocycles. The summed E-state index contributed by atoms with van der Waals surface area (Å²) in [6.45, 7) is 1.88. The van der Waals surface area contributed by atoms with Gasteiger partial charge in [-0.15, -0.1) is 11.3 Å². The molecule has 5 nitrogen and oxygen atoms in total. The molecule has 2 atom stereocenters. The molecule has 2 aromatic heterocycles. The molecule has 4 aromatic rings. The number of piperidine rings is 1. The van der Waals surface area contributed by atoms with E-state index in [1.165, 1.54) is 10.1 Å². The van der Waals surface area contributed by atoms with Crippen LogP contribution in [0.4, 0.5) is 0 Å². The molecule has 33 heavy (non-hydrogen) atoms. The van der Waals surface area contributed by atoms with Crippen LogP contribution in [-0.4, -0.2) is 28.5 Å². The second kappa shape index (κ2) is 7.72. The lowest BCUT2D eigenvalue weighted by Gasteiger charge is -2.43. The first-order valence-electron chi connectivity index (χ1n) is 11.1. The highest BCUT2D eigenvalue weighted by Crippen LogP contribution is 2.43. The molecule has 6 rings (SSSR count). The summed E-state index contributed by atoms with van der Waals surface area (Å²) in [6.07, 6.45) is 0.985. The Hall–Kier alpha value is -3.69. The van der Waals surface area contributed by atoms with Crippen molar-refractivity contribution < 1.29 is 4.79 Å². The predicted molar refractivity (Wildman–Crippen MR) is 129 cm³/mol. The van der Waals surface area contributed by atoms with Crippen LogP contribution in [0, 0.1) is 17.2 Å². The fourth-order valence-corrected chi connectivity index (χ4v) is 6.47. The van der Waals surface area contributed by atoms with Gasteiger partial charge in [0, 0.05) is 58.0 Å². The predicted octanol–water partition coefficient (Wildman–Crippen LogP) is 4.86. The fraction of sp³-hybridized carbons (Fsp3) is 0.222. The number of hydrogen-bond donors (Lipinski definition) is 0. The van der Waals surface area contributed by atoms with Crippen LogP contribution in [0.3, 0.4) is 0 Å². The summed E-state index contributed by atoms with van der Waals surface area (Å²) in [6, 6.07) is 23.1. The number of hydrogen-bond acceptors (Lipinski definition) is 4. The first-order chi connectivity index (χ1) is 16.1. The molecular formula is C27H21N3O2S. The molecular weight excluding hydrogens is 430 g/mol. The minimum atomic E-state index is -0.00988. The maximum Gasteiger partial charge on any atom is 0.253 e. The van der Waals surface area contributed by atoms with Crippen molar-refractivity contribution >= 4 is 27.3 Å². The molecule has 6 heteroatoms. The molecule has 2 aliphatic rings. The monoisotopic (exact) mass is 451 g/mol. The van der Waals surface area contributed by atoms with E-state index in [2.05, 4.69) is 24.3 Å². The SMILES string of the molecule is N#Cc1ccc(C(=O)N2CC3CC(C2)c2c(-c4cc5ccccc5s4)ccc(=O)n2C3)cc1. The number of aromatic nitrogens is 1. The number of fused-ring (bicyclic) bond motifs is 5. The largest absolute Gasteiger partial charge is 0.338 e. The highest BCUT2D eigenvalue weighted by molar-refractivity contribution is 7.22. The standard InChI is InChI=1S/C27H21N3O2S/c28-13-17-5-7-19(8-6-17)27(32)29-14-18-11-21(16-29)26-22(9-10-25(31)30(26)15-18)24-12-20-3-1-2-4-23(20)33-24/h1-10,12,18,21H,11,14-16H2. The van der Waals surface area contributed by atoms with Crippen LogP contribution in [0.2, 0.25) is 0 Å². The Morgan fingerprint density at radius 2 is 1.82 bits per heavy atom. The van der Waals surface area contributed by atoms with E-state index in [4.69, 9.17) is 5.26 Å². The second-order valence-electron chi connectivity index (χ2n) is 8.93. The van der Waals surface area contributed by atoms with Gasteiger partial charge in [0.05, 0.1) is 11.6 Å². The molecule has 1 saturated heterocycles. The van der Waals surface area contributed by atoms with E-state index in [1.54, 1.807) is 41.7 Å². The van der Waals surface area contributed by atoms with E-state index >= 15 is 0 Å². The highest BCUT2D eigenvalue weighted by Gasteiger charge is 2.38. The van der Waals surface area contributed by atoms with E-state index in [1.807, 2.05) is 27.7 Å². The van der Waals surface area contributed by atoms with Crippen LogP contribution in [-0.2, 0) is 6.54 Å². The smallest absolute Gasteiger partial charge is 0.253 e. The van der Waals surface area contributed by atoms with Gasteiger partial charge in [0.1, 0.15) is 0 Å². The molecule has 0 spiro atoms. The third kappa shape index (κ3) is 3.37. The molecule has 2 aliphatic heterocycles. The minimum absolute atomic E-state index is 0.00988. The molecule has 0 saturated carbocycles. The third-order valence-corrected chi connectivity index (χ3v) is 7.98. The minimum Gasteiger partial charge on any atom is -0.338 e. The number of carbonyl (C=O) groups excluding carboxylic acids is 1. The molecule has 4 heterocycles. The first kappa shape index (κ1) is 20.0. The summed E-state index contributed by atoms with van der Waals surface area (Å²) >= 11 is 1.75. The van der Waals surface area contributed by atoms with E-state index < -0.39 is 0 Å². The molecule has 1 fully saturated rings. The fourth-order valence-electron chi connectivity index (χ4n) is 5.37. The second-order valence-corrected chi connectivity index (χ2v) is 10.0. The van der Waals surface area contributed by atoms with Crippen molar-refractivity contribution in [2.24, 2.45) is 5.92 Å². The summed E-state index contributed by atoms with van der Waals surface area (Å²) in [5, 5.41) is 10.2. The molecule has 0 N–H and O–H groups in total. The van der Waals surface area contributed by atoms with Crippen molar-refractivity contribution in [3.63, 3.8) is 0 Å². The number of amides is 1. The van der Waals surface area contributed by atoms with Gasteiger partial charge < -0.3 is 9.47 Å². The zero-order valence-electron chi connectivity index (χ0n) is 17.9. The quantitative estimate of drug-likeness (QED) is 0.437. The van der Waals surface area contributed by atoms with Gasteiger partial charge in [0.2, 0.25) is 0 Å². The zero-order valence-corrected chi connectivity index (χ0v) is 18.7. The summed E-state index contributed by atoms with van der Waals surface area (Å²) < 4.78 is 3.18. The average Bonchev–Trinajstić information content (AvgIpc) is 3.28. The van der Waals surface area contributed by atoms with Gasteiger partial charge in [-0.25, -0.2) is 0 Å². The normalized spacial score (nSPS) is 19.2. The van der Waals surface area contributed by atoms with Gasteiger partial charge in [-0.2, -0.15) is 5.26 Å². The molecule has 1 amide bonds. The lowest BCUT2D eigenvalue weighted by Crippen LogP contribution is -2.49. The lowest BCUT2D eigenvalue weighted by molar-refractivity contribution is 0.0595. The summed E-state index contributed by atoms with van der Waals surface area (Å²) in [5.41, 5.74) is 3.35. The Balaban J connectivity index is 1.39. The topological polar surface area (TPSA) is 66.1 Å². The van der Waals surface area contributed by atoms with Crippen LogP contribution >= 0.6 is 11.3 Å². The Morgan fingerprint density at radius 1 is 1.00 bits per heavy atom. The number of benzene rings is 2. The van der Waals surface area contributed by atoms with Crippen molar-refractivity contribution in [2.45, 2.75) is 18.9 Å². The van der Waals surface area contributed by atoms with Crippen LogP contribution < -0.4 is 5.56 Å². The van der Waals surface area contributed by atoms with Crippen molar-refractivity contribution in [1.82, 2.24) is 9.47 Å². The van der Waals surface area contributed by atoms with E-state index in [-0.39, 0.29) is 23.3 Å². The average molecular weight is 452 g/mol. The van der Waals surface area contributed by atoms with Gasteiger partial charge in [-0.1, -0.05) is 18.2 Å². The first-order valence-corrected chi connectivity index (χ1v) is 11.9. The van der Waals surface area contributed by atoms with Gasteiger partial charge in [-0.05, 0) is 60.2 Å². The number of thiophene rings is 1. The maximum atomic E-state index is 13.3. The summed E-state index contributed by atoms with van der Waals surface area (Å²) in [7, 11) is 0. The highest BCUT2D eigenvalue weighted by atomic mass is 32.1. The third-order valence-electron chi connectivity index (χ3n) is 6.83. The van der Waals surface area contributed by atoms with Gasteiger partial charge in [-0.3, -0.25) is 9.59 Å². The Labute approximate surface area is 195 Å². The number of pyridine rings is 1. The van der Waals surface area contributed by atoms with Crippen molar-refractivity contribution in [3.8, 4) is 16.5 Å². The maximum absolute atomic E-state index is 13.3. The van der Waals surface area contributed by atoms with Gasteiger partial charge in [0.15, 0.2) is 0 Å². The number of carbonyl (C=O) groups is 1. The van der Waals surface area contributed by atoms with E-state index in [0.717, 1.165) is 22.6 Å². The molecule has 2 unspecified atom stereocenters. The van der Waals surface area contributed by atoms with Crippen LogP contribution in [0.25, 0.3) is 20.5 Å². The van der Waals surface area contributed by atoms with Crippen LogP contribution in [0.15, 0.2) is 71.5 Å². The molecule has 0 radical (unpaired) electrons. The van der Waals surface area contributed by atoms with E-state index in [9.17, 15) is 9.59 Å². The summed E-state index contributed by atoms with van der Waals surface area (Å²) in [4.78, 5) is 29.2. The van der Waals surface area contributed by atoms with Crippen molar-refractivity contribution in [3.05, 3.63) is 93.9 Å². The summed E-state index contributed by atoms with van der Waals surface area (Å²) in [5.74, 6) is 0.368. The number of nitriles is 1. The Morgan fingerprint density at radius 3 is 2.61 bits per heavy atom. The van der Waals surface area contributed by atoms with Gasteiger partial charge >= 0.3 is 0 Å². The zero-order chi connectivity index (χ0) is 22.5. The lowest BCUT2D eigenvalue weighted by atomic mass is 9.81. The van der Waals surface area contributed by atoms with Crippen LogP contribution in [0.5, 0.6) is 0 Å². The molecule has 0 aliphatic carbocycles. The Bertz CT molecular complexity index is 1460. The van der Waals surface area contributed by atoms with Crippen LogP contribution in [0.1, 0.15) is 34.0 Å². The van der Waals surface area contributed by atoms with Gasteiger partial charge in [0.25, 0.3) is 11.5 Å². The number of rotatable bonds is 2. The number of likely N-dealkylation sites (tertiary alicyclic amines) is 1. The van der Waals surface area contributed by atoms with Crippen molar-refractivity contribution in [2.75, 3.05) is 13.1 Å². The van der Waals surface area contributed by atoms with E-state index in [0.29, 0.717) is 30.8 Å². The number of nitrogens with zero attached hydrogens (tertiary/aromatic N) is 3. The Kier molecular flexibility index (Phi) is 4.67.